The van der Waals surface area contributed by atoms with E-state index in [-0.39, 0.29) is 17.0 Å². The van der Waals surface area contributed by atoms with Crippen LogP contribution in [0.1, 0.15) is 31.9 Å². The van der Waals surface area contributed by atoms with Crippen LogP contribution in [0.25, 0.3) is 10.9 Å². The van der Waals surface area contributed by atoms with E-state index in [2.05, 4.69) is 43.1 Å². The molecule has 5 heteroatoms. The quantitative estimate of drug-likeness (QED) is 0.586. The topological polar surface area (TPSA) is 51.9 Å². The molecule has 0 fully saturated rings. The van der Waals surface area contributed by atoms with E-state index in [1.165, 1.54) is 31.9 Å². The summed E-state index contributed by atoms with van der Waals surface area (Å²) >= 11 is 0. The Balaban J connectivity index is 2.16. The number of hydrogen-bond acceptors (Lipinski definition) is 3. The third-order valence-corrected chi connectivity index (χ3v) is 4.08. The smallest absolute Gasteiger partial charge is 0.247 e. The van der Waals surface area contributed by atoms with Crippen molar-refractivity contribution >= 4 is 23.4 Å². The van der Waals surface area contributed by atoms with Crippen molar-refractivity contribution in [1.29, 1.82) is 0 Å². The van der Waals surface area contributed by atoms with Gasteiger partial charge in [0.2, 0.25) is 11.6 Å². The fourth-order valence-corrected chi connectivity index (χ4v) is 2.50. The predicted molar refractivity (Wildman–Crippen MR) is 109 cm³/mol. The van der Waals surface area contributed by atoms with Crippen molar-refractivity contribution in [3.05, 3.63) is 65.0 Å². The molecule has 140 valence electrons. The van der Waals surface area contributed by atoms with Gasteiger partial charge in [0.1, 0.15) is 0 Å². The molecule has 0 radical (unpaired) electrons. The summed E-state index contributed by atoms with van der Waals surface area (Å²) in [5.41, 5.74) is 2.90. The summed E-state index contributed by atoms with van der Waals surface area (Å²) in [6, 6.07) is 11.2. The van der Waals surface area contributed by atoms with Crippen LogP contribution in [0.5, 0.6) is 11.5 Å². The molecule has 0 saturated carbocycles. The number of carbonyl (C=O) groups excluding carboxylic acids is 1. The van der Waals surface area contributed by atoms with Crippen molar-refractivity contribution in [3.63, 3.8) is 0 Å². The van der Waals surface area contributed by atoms with E-state index in [4.69, 9.17) is 16.0 Å². The number of carbonyl (C=O) groups is 1. The average Bonchev–Trinajstić information content (AvgIpc) is 2.65. The molecule has 0 saturated heterocycles. The maximum Gasteiger partial charge on any atom is 0.247 e. The molecule has 0 aliphatic carbocycles. The molecule has 0 unspecified atom stereocenters. The minimum Gasteiger partial charge on any atom is -0.494 e. The van der Waals surface area contributed by atoms with Crippen LogP contribution < -0.4 is 14.8 Å². The molecule has 0 aliphatic rings. The Morgan fingerprint density at radius 1 is 1.07 bits per heavy atom. The Morgan fingerprint density at radius 3 is 2.19 bits per heavy atom. The van der Waals surface area contributed by atoms with Gasteiger partial charge in [-0.25, -0.2) is 4.85 Å². The van der Waals surface area contributed by atoms with Crippen molar-refractivity contribution in [2.75, 3.05) is 19.5 Å². The van der Waals surface area contributed by atoms with Crippen LogP contribution in [-0.4, -0.2) is 20.1 Å². The number of benzene rings is 2. The van der Waals surface area contributed by atoms with Gasteiger partial charge < -0.3 is 14.8 Å². The summed E-state index contributed by atoms with van der Waals surface area (Å²) in [6.45, 7) is 13.8. The van der Waals surface area contributed by atoms with Gasteiger partial charge in [0.05, 0.1) is 26.5 Å². The molecule has 2 aromatic rings. The van der Waals surface area contributed by atoms with Gasteiger partial charge in [-0.05, 0) is 34.8 Å². The fourth-order valence-electron chi connectivity index (χ4n) is 2.50. The standard InChI is InChI=1S/C22H24N2O3/c1-22(2,3)16-10-7-15(8-11-16)9-12-21(25)24-18-14-20(27-6)19(26-5)13-17(18)23-4/h7-14H,1-3,5-6H3,(H,24,25). The molecule has 2 aromatic carbocycles. The Labute approximate surface area is 160 Å². The molecule has 1 amide bonds. The van der Waals surface area contributed by atoms with Crippen molar-refractivity contribution in [2.45, 2.75) is 26.2 Å². The van der Waals surface area contributed by atoms with Gasteiger partial charge >= 0.3 is 0 Å². The molecular formula is C22H24N2O3. The number of nitrogens with one attached hydrogen (secondary N) is 1. The number of amides is 1. The number of anilines is 1. The number of rotatable bonds is 5. The second kappa shape index (κ2) is 8.41. The van der Waals surface area contributed by atoms with E-state index in [0.29, 0.717) is 17.2 Å². The maximum atomic E-state index is 12.3. The summed E-state index contributed by atoms with van der Waals surface area (Å²) in [5, 5.41) is 2.72. The lowest BCUT2D eigenvalue weighted by Gasteiger charge is -2.18. The van der Waals surface area contributed by atoms with Crippen LogP contribution >= 0.6 is 0 Å². The lowest BCUT2D eigenvalue weighted by molar-refractivity contribution is -0.111. The van der Waals surface area contributed by atoms with E-state index in [1.54, 1.807) is 12.1 Å². The van der Waals surface area contributed by atoms with Crippen molar-refractivity contribution in [1.82, 2.24) is 0 Å². The maximum absolute atomic E-state index is 12.3. The second-order valence-corrected chi connectivity index (χ2v) is 7.03. The molecule has 0 aromatic heterocycles. The van der Waals surface area contributed by atoms with Crippen molar-refractivity contribution in [2.24, 2.45) is 0 Å². The normalized spacial score (nSPS) is 11.1. The highest BCUT2D eigenvalue weighted by Gasteiger charge is 2.13. The highest BCUT2D eigenvalue weighted by Crippen LogP contribution is 2.38. The van der Waals surface area contributed by atoms with E-state index < -0.39 is 0 Å². The Bertz CT molecular complexity index is 885. The molecule has 0 bridgehead atoms. The zero-order valence-corrected chi connectivity index (χ0v) is 16.3. The van der Waals surface area contributed by atoms with Gasteiger partial charge in [-0.15, -0.1) is 0 Å². The van der Waals surface area contributed by atoms with Gasteiger partial charge in [-0.3, -0.25) is 4.79 Å². The highest BCUT2D eigenvalue weighted by molar-refractivity contribution is 6.04. The molecule has 0 spiro atoms. The van der Waals surface area contributed by atoms with Gasteiger partial charge in [-0.2, -0.15) is 0 Å². The monoisotopic (exact) mass is 364 g/mol. The van der Waals surface area contributed by atoms with Crippen LogP contribution in [0.3, 0.4) is 0 Å². The lowest BCUT2D eigenvalue weighted by atomic mass is 9.87. The predicted octanol–water partition coefficient (Wildman–Crippen LogP) is 5.20. The van der Waals surface area contributed by atoms with Crippen molar-refractivity contribution < 1.29 is 14.3 Å². The summed E-state index contributed by atoms with van der Waals surface area (Å²) in [4.78, 5) is 15.7. The number of ether oxygens (including phenoxy) is 2. The highest BCUT2D eigenvalue weighted by atomic mass is 16.5. The fraction of sp³-hybridized carbons (Fsp3) is 0.273. The van der Waals surface area contributed by atoms with Crippen LogP contribution in [0.15, 0.2) is 42.5 Å². The average molecular weight is 364 g/mol. The van der Waals surface area contributed by atoms with E-state index in [9.17, 15) is 4.79 Å². The first-order valence-corrected chi connectivity index (χ1v) is 8.51. The molecule has 5 nitrogen and oxygen atoms in total. The lowest BCUT2D eigenvalue weighted by Crippen LogP contribution is -2.10. The minimum atomic E-state index is -0.327. The third kappa shape index (κ3) is 5.11. The zero-order valence-electron chi connectivity index (χ0n) is 16.3. The van der Waals surface area contributed by atoms with Gasteiger partial charge in [0.25, 0.3) is 0 Å². The second-order valence-electron chi connectivity index (χ2n) is 7.03. The van der Waals surface area contributed by atoms with Gasteiger partial charge in [0.15, 0.2) is 11.5 Å². The van der Waals surface area contributed by atoms with E-state index in [1.807, 2.05) is 12.1 Å². The Hall–Kier alpha value is -3.26. The van der Waals surface area contributed by atoms with Crippen LogP contribution in [0, 0.1) is 6.57 Å². The molecule has 27 heavy (non-hydrogen) atoms. The summed E-state index contributed by atoms with van der Waals surface area (Å²) < 4.78 is 10.4. The van der Waals surface area contributed by atoms with Crippen molar-refractivity contribution in [3.8, 4) is 11.5 Å². The molecule has 0 atom stereocenters. The zero-order chi connectivity index (χ0) is 20.0. The molecule has 0 aliphatic heterocycles. The molecule has 1 N–H and O–H groups in total. The summed E-state index contributed by atoms with van der Waals surface area (Å²) in [7, 11) is 3.00. The van der Waals surface area contributed by atoms with Crippen LogP contribution in [-0.2, 0) is 10.2 Å². The summed E-state index contributed by atoms with van der Waals surface area (Å²) in [6.07, 6.45) is 3.18. The Kier molecular flexibility index (Phi) is 6.25. The van der Waals surface area contributed by atoms with E-state index >= 15 is 0 Å². The Morgan fingerprint density at radius 2 is 1.67 bits per heavy atom. The SMILES string of the molecule is [C-]#[N+]c1cc(OC)c(OC)cc1NC(=O)C=Cc1ccc(C(C)(C)C)cc1. The molecule has 2 rings (SSSR count). The number of nitrogens with zero attached hydrogens (tertiary/aromatic N) is 1. The number of hydrogen-bond donors (Lipinski definition) is 1. The van der Waals surface area contributed by atoms with Crippen LogP contribution in [0.4, 0.5) is 11.4 Å². The number of methoxy groups -OCH3 is 2. The molecule has 0 heterocycles. The van der Waals surface area contributed by atoms with E-state index in [0.717, 1.165) is 5.56 Å². The van der Waals surface area contributed by atoms with Gasteiger partial charge in [0, 0.05) is 6.08 Å². The van der Waals surface area contributed by atoms with Crippen LogP contribution in [0.2, 0.25) is 0 Å². The first-order valence-electron chi connectivity index (χ1n) is 8.51. The first kappa shape index (κ1) is 20.1. The molecular weight excluding hydrogens is 340 g/mol. The summed E-state index contributed by atoms with van der Waals surface area (Å²) in [5.74, 6) is 0.560. The third-order valence-electron chi connectivity index (χ3n) is 4.08. The van der Waals surface area contributed by atoms with Gasteiger partial charge in [-0.1, -0.05) is 45.0 Å². The largest absolute Gasteiger partial charge is 0.494 e. The minimum absolute atomic E-state index is 0.0865. The first-order chi connectivity index (χ1) is 12.8.